The standard InChI is InChI=1S/C14H19N3O/c15-14(18)17-16-13-8-4-7-12(13)10-9-11-5-2-1-3-6-11/h1-3,5-6,12H,4,7-10H2,(H3,15,17,18)/b16-13-/t12-/m0/s1. The SMILES string of the molecule is NC(=O)N/N=C1/CCC[C@H]1CCc1ccccc1. The van der Waals surface area contributed by atoms with E-state index in [0.717, 1.165) is 37.8 Å². The molecule has 1 saturated carbocycles. The quantitative estimate of drug-likeness (QED) is 0.786. The number of benzene rings is 1. The third-order valence-electron chi connectivity index (χ3n) is 3.39. The minimum absolute atomic E-state index is 0.483. The minimum atomic E-state index is -0.587. The second-order valence-electron chi connectivity index (χ2n) is 4.69. The molecule has 0 aromatic heterocycles. The topological polar surface area (TPSA) is 67.5 Å². The van der Waals surface area contributed by atoms with Crippen LogP contribution < -0.4 is 11.2 Å². The van der Waals surface area contributed by atoms with Gasteiger partial charge in [0.1, 0.15) is 0 Å². The molecule has 0 aliphatic heterocycles. The molecule has 18 heavy (non-hydrogen) atoms. The summed E-state index contributed by atoms with van der Waals surface area (Å²) in [7, 11) is 0. The first-order valence-electron chi connectivity index (χ1n) is 6.41. The zero-order valence-corrected chi connectivity index (χ0v) is 10.4. The van der Waals surface area contributed by atoms with Crippen molar-refractivity contribution in [3.05, 3.63) is 35.9 Å². The van der Waals surface area contributed by atoms with Gasteiger partial charge in [-0.15, -0.1) is 0 Å². The van der Waals surface area contributed by atoms with Crippen molar-refractivity contribution in [2.45, 2.75) is 32.1 Å². The molecule has 0 unspecified atom stereocenters. The van der Waals surface area contributed by atoms with E-state index in [0.29, 0.717) is 5.92 Å². The van der Waals surface area contributed by atoms with Crippen molar-refractivity contribution in [3.63, 3.8) is 0 Å². The largest absolute Gasteiger partial charge is 0.350 e. The van der Waals surface area contributed by atoms with Crippen molar-refractivity contribution < 1.29 is 4.79 Å². The van der Waals surface area contributed by atoms with Gasteiger partial charge in [-0.3, -0.25) is 0 Å². The van der Waals surface area contributed by atoms with Crippen molar-refractivity contribution >= 4 is 11.7 Å². The van der Waals surface area contributed by atoms with Gasteiger partial charge in [0, 0.05) is 5.71 Å². The van der Waals surface area contributed by atoms with Crippen LogP contribution in [-0.2, 0) is 6.42 Å². The molecule has 0 saturated heterocycles. The van der Waals surface area contributed by atoms with Crippen molar-refractivity contribution in [2.75, 3.05) is 0 Å². The Bertz CT molecular complexity index is 428. The summed E-state index contributed by atoms with van der Waals surface area (Å²) in [5.74, 6) is 0.483. The number of carbonyl (C=O) groups excluding carboxylic acids is 1. The second-order valence-corrected chi connectivity index (χ2v) is 4.69. The molecule has 96 valence electrons. The average molecular weight is 245 g/mol. The molecule has 2 rings (SSSR count). The Hall–Kier alpha value is -1.84. The van der Waals surface area contributed by atoms with Crippen molar-refractivity contribution in [3.8, 4) is 0 Å². The van der Waals surface area contributed by atoms with Gasteiger partial charge in [-0.05, 0) is 43.6 Å². The van der Waals surface area contributed by atoms with Crippen LogP contribution in [0, 0.1) is 5.92 Å². The van der Waals surface area contributed by atoms with E-state index in [9.17, 15) is 4.79 Å². The third kappa shape index (κ3) is 3.58. The van der Waals surface area contributed by atoms with Crippen LogP contribution in [0.3, 0.4) is 0 Å². The van der Waals surface area contributed by atoms with Gasteiger partial charge in [0.2, 0.25) is 0 Å². The summed E-state index contributed by atoms with van der Waals surface area (Å²) in [6, 6.07) is 9.86. The predicted molar refractivity (Wildman–Crippen MR) is 72.3 cm³/mol. The summed E-state index contributed by atoms with van der Waals surface area (Å²) in [5, 5.41) is 4.11. The van der Waals surface area contributed by atoms with Gasteiger partial charge in [-0.2, -0.15) is 5.10 Å². The summed E-state index contributed by atoms with van der Waals surface area (Å²) in [6.45, 7) is 0. The number of amides is 2. The Morgan fingerprint density at radius 3 is 2.89 bits per heavy atom. The smallest absolute Gasteiger partial charge is 0.332 e. The Morgan fingerprint density at radius 1 is 1.39 bits per heavy atom. The molecule has 1 atom stereocenters. The first-order valence-corrected chi connectivity index (χ1v) is 6.41. The van der Waals surface area contributed by atoms with Gasteiger partial charge < -0.3 is 5.73 Å². The molecule has 0 radical (unpaired) electrons. The van der Waals surface area contributed by atoms with Crippen molar-refractivity contribution in [1.82, 2.24) is 5.43 Å². The van der Waals surface area contributed by atoms with Crippen LogP contribution in [0.15, 0.2) is 35.4 Å². The zero-order valence-electron chi connectivity index (χ0n) is 10.4. The van der Waals surface area contributed by atoms with E-state index in [1.807, 2.05) is 6.07 Å². The molecule has 4 heteroatoms. The number of urea groups is 1. The fourth-order valence-corrected chi connectivity index (χ4v) is 2.47. The van der Waals surface area contributed by atoms with Gasteiger partial charge >= 0.3 is 6.03 Å². The highest BCUT2D eigenvalue weighted by atomic mass is 16.2. The van der Waals surface area contributed by atoms with Crippen LogP contribution in [0.5, 0.6) is 0 Å². The molecule has 0 bridgehead atoms. The summed E-state index contributed by atoms with van der Waals surface area (Å²) >= 11 is 0. The predicted octanol–water partition coefficient (Wildman–Crippen LogP) is 2.44. The highest BCUT2D eigenvalue weighted by molar-refractivity contribution is 5.89. The first-order chi connectivity index (χ1) is 8.75. The Labute approximate surface area is 107 Å². The number of hydrogen-bond acceptors (Lipinski definition) is 2. The molecule has 1 aromatic rings. The van der Waals surface area contributed by atoms with E-state index in [2.05, 4.69) is 34.8 Å². The highest BCUT2D eigenvalue weighted by Gasteiger charge is 2.22. The summed E-state index contributed by atoms with van der Waals surface area (Å²) < 4.78 is 0. The van der Waals surface area contributed by atoms with E-state index >= 15 is 0 Å². The van der Waals surface area contributed by atoms with E-state index < -0.39 is 6.03 Å². The minimum Gasteiger partial charge on any atom is -0.350 e. The number of nitrogens with two attached hydrogens (primary N) is 1. The maximum atomic E-state index is 10.6. The molecule has 0 heterocycles. The number of hydrogen-bond donors (Lipinski definition) is 2. The third-order valence-corrected chi connectivity index (χ3v) is 3.39. The monoisotopic (exact) mass is 245 g/mol. The van der Waals surface area contributed by atoms with E-state index in [1.165, 1.54) is 5.56 Å². The fourth-order valence-electron chi connectivity index (χ4n) is 2.47. The van der Waals surface area contributed by atoms with E-state index in [4.69, 9.17) is 5.73 Å². The lowest BCUT2D eigenvalue weighted by molar-refractivity contribution is 0.249. The van der Waals surface area contributed by atoms with Crippen LogP contribution >= 0.6 is 0 Å². The van der Waals surface area contributed by atoms with Crippen LogP contribution in [0.4, 0.5) is 4.79 Å². The van der Waals surface area contributed by atoms with Gasteiger partial charge in [-0.1, -0.05) is 30.3 Å². The van der Waals surface area contributed by atoms with Gasteiger partial charge in [0.25, 0.3) is 0 Å². The molecule has 1 aromatic carbocycles. The lowest BCUT2D eigenvalue weighted by Crippen LogP contribution is -2.26. The second kappa shape index (κ2) is 6.19. The van der Waals surface area contributed by atoms with Crippen LogP contribution in [-0.4, -0.2) is 11.7 Å². The van der Waals surface area contributed by atoms with Gasteiger partial charge in [0.05, 0.1) is 0 Å². The molecular formula is C14H19N3O. The number of carbonyl (C=O) groups is 1. The number of primary amides is 1. The van der Waals surface area contributed by atoms with Crippen molar-refractivity contribution in [2.24, 2.45) is 16.8 Å². The molecule has 1 fully saturated rings. The molecule has 1 aliphatic rings. The van der Waals surface area contributed by atoms with Crippen molar-refractivity contribution in [1.29, 1.82) is 0 Å². The maximum Gasteiger partial charge on any atom is 0.332 e. The normalized spacial score (nSPS) is 21.1. The van der Waals surface area contributed by atoms with Crippen LogP contribution in [0.25, 0.3) is 0 Å². The maximum absolute atomic E-state index is 10.6. The molecule has 0 spiro atoms. The first kappa shape index (κ1) is 12.6. The molecule has 3 N–H and O–H groups in total. The van der Waals surface area contributed by atoms with E-state index in [1.54, 1.807) is 0 Å². The van der Waals surface area contributed by atoms with Gasteiger partial charge in [-0.25, -0.2) is 10.2 Å². The molecule has 2 amide bonds. The van der Waals surface area contributed by atoms with E-state index in [-0.39, 0.29) is 0 Å². The van der Waals surface area contributed by atoms with Crippen LogP contribution in [0.1, 0.15) is 31.2 Å². The fraction of sp³-hybridized carbons (Fsp3) is 0.429. The molecule has 1 aliphatic carbocycles. The average Bonchev–Trinajstić information content (AvgIpc) is 2.82. The number of nitrogens with zero attached hydrogens (tertiary/aromatic N) is 1. The number of nitrogens with one attached hydrogen (secondary N) is 1. The molecule has 4 nitrogen and oxygen atoms in total. The summed E-state index contributed by atoms with van der Waals surface area (Å²) in [5.41, 5.74) is 9.81. The Morgan fingerprint density at radius 2 is 2.17 bits per heavy atom. The highest BCUT2D eigenvalue weighted by Crippen LogP contribution is 2.26. The number of hydrazone groups is 1. The number of rotatable bonds is 4. The lowest BCUT2D eigenvalue weighted by atomic mass is 9.97. The Balaban J connectivity index is 1.88. The summed E-state index contributed by atoms with van der Waals surface area (Å²) in [4.78, 5) is 10.6. The lowest BCUT2D eigenvalue weighted by Gasteiger charge is -2.10. The zero-order chi connectivity index (χ0) is 12.8. The van der Waals surface area contributed by atoms with Gasteiger partial charge in [0.15, 0.2) is 0 Å². The van der Waals surface area contributed by atoms with Crippen LogP contribution in [0.2, 0.25) is 0 Å². The number of aryl methyl sites for hydroxylation is 1. The summed E-state index contributed by atoms with van der Waals surface area (Å²) in [6.07, 6.45) is 5.43. The molecular weight excluding hydrogens is 226 g/mol. The Kier molecular flexibility index (Phi) is 4.34.